The number of aryl methyl sites for hydroxylation is 1. The molecule has 26 heavy (non-hydrogen) atoms. The summed E-state index contributed by atoms with van der Waals surface area (Å²) in [5.41, 5.74) is 1.20. The Morgan fingerprint density at radius 1 is 1.31 bits per heavy atom. The van der Waals surface area contributed by atoms with Gasteiger partial charge in [-0.15, -0.1) is 0 Å². The van der Waals surface area contributed by atoms with E-state index in [4.69, 9.17) is 4.74 Å². The van der Waals surface area contributed by atoms with Crippen LogP contribution in [0, 0.1) is 6.92 Å². The first-order valence-corrected chi connectivity index (χ1v) is 8.41. The van der Waals surface area contributed by atoms with E-state index < -0.39 is 6.04 Å². The van der Waals surface area contributed by atoms with E-state index in [1.165, 1.54) is 4.90 Å². The van der Waals surface area contributed by atoms with Crippen molar-refractivity contribution in [3.05, 3.63) is 29.3 Å². The number of benzene rings is 1. The van der Waals surface area contributed by atoms with Gasteiger partial charge in [-0.3, -0.25) is 14.4 Å². The minimum Gasteiger partial charge on any atom is -0.497 e. The number of nitrogens with one attached hydrogen (secondary N) is 2. The van der Waals surface area contributed by atoms with Crippen molar-refractivity contribution in [1.82, 2.24) is 15.5 Å². The molecule has 8 nitrogen and oxygen atoms in total. The van der Waals surface area contributed by atoms with E-state index in [0.29, 0.717) is 37.0 Å². The molecule has 2 N–H and O–H groups in total. The number of aldehydes is 1. The third-order valence-corrected chi connectivity index (χ3v) is 4.31. The number of methoxy groups -OCH3 is 1. The molecule has 1 heterocycles. The maximum Gasteiger partial charge on any atom is 0.251 e. The highest BCUT2D eigenvalue weighted by atomic mass is 16.5. The van der Waals surface area contributed by atoms with Gasteiger partial charge in [0.2, 0.25) is 11.8 Å². The lowest BCUT2D eigenvalue weighted by molar-refractivity contribution is -0.137. The van der Waals surface area contributed by atoms with E-state index in [1.807, 2.05) is 0 Å². The van der Waals surface area contributed by atoms with Gasteiger partial charge < -0.3 is 25.1 Å². The smallest absolute Gasteiger partial charge is 0.251 e. The van der Waals surface area contributed by atoms with Crippen molar-refractivity contribution in [2.75, 3.05) is 26.7 Å². The van der Waals surface area contributed by atoms with Gasteiger partial charge in [0, 0.05) is 12.1 Å². The zero-order chi connectivity index (χ0) is 19.1. The molecular formula is C18H23N3O5. The van der Waals surface area contributed by atoms with Crippen molar-refractivity contribution in [3.63, 3.8) is 0 Å². The molecule has 1 aliphatic rings. The quantitative estimate of drug-likeness (QED) is 0.667. The minimum absolute atomic E-state index is 0.0785. The SMILES string of the molecule is COc1ccc(C(=O)NCC(=O)N2CCC[C@H]2C(=O)NCC=O)c(C)c1. The number of carbonyl (C=O) groups excluding carboxylic acids is 4. The van der Waals surface area contributed by atoms with Crippen molar-refractivity contribution in [2.45, 2.75) is 25.8 Å². The standard InChI is InChI=1S/C18H23N3O5/c1-12-10-13(26-2)5-6-14(12)17(24)20-11-16(23)21-8-3-4-15(21)18(25)19-7-9-22/h5-6,9-10,15H,3-4,7-8,11H2,1-2H3,(H,19,25)(H,20,24)/t15-/m0/s1. The summed E-state index contributed by atoms with van der Waals surface area (Å²) in [6.07, 6.45) is 1.84. The second kappa shape index (κ2) is 8.98. The van der Waals surface area contributed by atoms with E-state index in [0.717, 1.165) is 5.56 Å². The summed E-state index contributed by atoms with van der Waals surface area (Å²) in [4.78, 5) is 48.5. The second-order valence-corrected chi connectivity index (χ2v) is 6.02. The number of nitrogens with zero attached hydrogens (tertiary/aromatic N) is 1. The van der Waals surface area contributed by atoms with Crippen molar-refractivity contribution in [2.24, 2.45) is 0 Å². The Morgan fingerprint density at radius 2 is 2.08 bits per heavy atom. The second-order valence-electron chi connectivity index (χ2n) is 6.02. The van der Waals surface area contributed by atoms with Crippen LogP contribution in [0.5, 0.6) is 5.75 Å². The van der Waals surface area contributed by atoms with E-state index in [1.54, 1.807) is 32.2 Å². The molecule has 0 bridgehead atoms. The number of hydrogen-bond donors (Lipinski definition) is 2. The van der Waals surface area contributed by atoms with E-state index in [9.17, 15) is 19.2 Å². The van der Waals surface area contributed by atoms with Crippen LogP contribution in [0.3, 0.4) is 0 Å². The molecule has 0 spiro atoms. The molecule has 1 atom stereocenters. The number of rotatable bonds is 7. The topological polar surface area (TPSA) is 105 Å². The minimum atomic E-state index is -0.595. The monoisotopic (exact) mass is 361 g/mol. The molecule has 0 unspecified atom stereocenters. The van der Waals surface area contributed by atoms with Gasteiger partial charge in [0.05, 0.1) is 20.2 Å². The highest BCUT2D eigenvalue weighted by Gasteiger charge is 2.33. The summed E-state index contributed by atoms with van der Waals surface area (Å²) in [5.74, 6) is -0.385. The molecule has 2 rings (SSSR count). The van der Waals surface area contributed by atoms with Crippen LogP contribution in [0.4, 0.5) is 0 Å². The maximum atomic E-state index is 12.4. The van der Waals surface area contributed by atoms with E-state index in [-0.39, 0.29) is 30.8 Å². The van der Waals surface area contributed by atoms with Gasteiger partial charge in [0.25, 0.3) is 5.91 Å². The summed E-state index contributed by atoms with van der Waals surface area (Å²) in [6, 6.07) is 4.46. The molecule has 8 heteroatoms. The van der Waals surface area contributed by atoms with Gasteiger partial charge in [-0.2, -0.15) is 0 Å². The number of likely N-dealkylation sites (tertiary alicyclic amines) is 1. The number of ether oxygens (including phenoxy) is 1. The van der Waals surface area contributed by atoms with Crippen molar-refractivity contribution < 1.29 is 23.9 Å². The van der Waals surface area contributed by atoms with Crippen LogP contribution in [-0.2, 0) is 14.4 Å². The predicted octanol–water partition coefficient (Wildman–Crippen LogP) is 0.0395. The molecule has 140 valence electrons. The first kappa shape index (κ1) is 19.4. The number of hydrogen-bond acceptors (Lipinski definition) is 5. The molecule has 0 saturated carbocycles. The molecule has 0 aromatic heterocycles. The largest absolute Gasteiger partial charge is 0.497 e. The highest BCUT2D eigenvalue weighted by Crippen LogP contribution is 2.18. The van der Waals surface area contributed by atoms with E-state index in [2.05, 4.69) is 10.6 Å². The Morgan fingerprint density at radius 3 is 2.73 bits per heavy atom. The van der Waals surface area contributed by atoms with Gasteiger partial charge in [0.1, 0.15) is 18.1 Å². The van der Waals surface area contributed by atoms with Gasteiger partial charge in [-0.25, -0.2) is 0 Å². The molecule has 3 amide bonds. The number of carbonyl (C=O) groups is 4. The molecule has 1 saturated heterocycles. The van der Waals surface area contributed by atoms with Crippen LogP contribution >= 0.6 is 0 Å². The normalized spacial score (nSPS) is 16.1. The summed E-state index contributed by atoms with van der Waals surface area (Å²) in [5, 5.41) is 5.07. The van der Waals surface area contributed by atoms with Crippen LogP contribution in [0.1, 0.15) is 28.8 Å². The Labute approximate surface area is 151 Å². The molecule has 1 aromatic rings. The first-order chi connectivity index (χ1) is 12.5. The Bertz CT molecular complexity index is 704. The molecule has 1 fully saturated rings. The van der Waals surface area contributed by atoms with E-state index >= 15 is 0 Å². The van der Waals surface area contributed by atoms with Crippen LogP contribution in [-0.4, -0.2) is 61.7 Å². The highest BCUT2D eigenvalue weighted by molar-refractivity contribution is 5.98. The Balaban J connectivity index is 1.94. The summed E-state index contributed by atoms with van der Waals surface area (Å²) >= 11 is 0. The fraction of sp³-hybridized carbons (Fsp3) is 0.444. The molecular weight excluding hydrogens is 338 g/mol. The van der Waals surface area contributed by atoms with Gasteiger partial charge in [-0.05, 0) is 43.5 Å². The van der Waals surface area contributed by atoms with Crippen molar-refractivity contribution in [3.8, 4) is 5.75 Å². The van der Waals surface area contributed by atoms with Crippen molar-refractivity contribution >= 4 is 24.0 Å². The lowest BCUT2D eigenvalue weighted by Crippen LogP contribution is -2.49. The molecule has 1 aromatic carbocycles. The maximum absolute atomic E-state index is 12.4. The zero-order valence-electron chi connectivity index (χ0n) is 14.9. The Hall–Kier alpha value is -2.90. The lowest BCUT2D eigenvalue weighted by atomic mass is 10.1. The fourth-order valence-electron chi connectivity index (χ4n) is 2.97. The van der Waals surface area contributed by atoms with Crippen molar-refractivity contribution in [1.29, 1.82) is 0 Å². The van der Waals surface area contributed by atoms with Crippen LogP contribution < -0.4 is 15.4 Å². The fourth-order valence-corrected chi connectivity index (χ4v) is 2.97. The third-order valence-electron chi connectivity index (χ3n) is 4.31. The average Bonchev–Trinajstić information content (AvgIpc) is 3.13. The average molecular weight is 361 g/mol. The first-order valence-electron chi connectivity index (χ1n) is 8.41. The van der Waals surface area contributed by atoms with Crippen LogP contribution in [0.25, 0.3) is 0 Å². The molecule has 0 radical (unpaired) electrons. The van der Waals surface area contributed by atoms with Gasteiger partial charge in [-0.1, -0.05) is 0 Å². The van der Waals surface area contributed by atoms with Gasteiger partial charge >= 0.3 is 0 Å². The summed E-state index contributed by atoms with van der Waals surface area (Å²) in [7, 11) is 1.55. The predicted molar refractivity (Wildman–Crippen MR) is 93.9 cm³/mol. The zero-order valence-corrected chi connectivity index (χ0v) is 14.9. The Kier molecular flexibility index (Phi) is 6.71. The molecule has 1 aliphatic heterocycles. The summed E-state index contributed by atoms with van der Waals surface area (Å²) in [6.45, 7) is 1.97. The van der Waals surface area contributed by atoms with Crippen LogP contribution in [0.15, 0.2) is 18.2 Å². The lowest BCUT2D eigenvalue weighted by Gasteiger charge is -2.23. The summed E-state index contributed by atoms with van der Waals surface area (Å²) < 4.78 is 5.11. The van der Waals surface area contributed by atoms with Crippen LogP contribution in [0.2, 0.25) is 0 Å². The van der Waals surface area contributed by atoms with Gasteiger partial charge in [0.15, 0.2) is 0 Å². The number of amides is 3. The molecule has 0 aliphatic carbocycles. The third kappa shape index (κ3) is 4.59.